The Morgan fingerprint density at radius 1 is 0.909 bits per heavy atom. The summed E-state index contributed by atoms with van der Waals surface area (Å²) >= 11 is 0. The highest BCUT2D eigenvalue weighted by molar-refractivity contribution is 5.67. The molecular weight excluding hydrogens is 554 g/mol. The number of ether oxygens (including phenoxy) is 1. The fourth-order valence-corrected chi connectivity index (χ4v) is 7.78. The van der Waals surface area contributed by atoms with Crippen LogP contribution in [0.5, 0.6) is 5.75 Å². The van der Waals surface area contributed by atoms with Gasteiger partial charge in [-0.3, -0.25) is 9.69 Å². The molecule has 0 amide bonds. The number of piperazine rings is 1. The first-order chi connectivity index (χ1) is 21.1. The number of benzene rings is 1. The highest BCUT2D eigenvalue weighted by Gasteiger charge is 2.37. The molecule has 2 aromatic rings. The van der Waals surface area contributed by atoms with E-state index in [0.29, 0.717) is 6.42 Å². The maximum Gasteiger partial charge on any atom is 0.303 e. The van der Waals surface area contributed by atoms with Crippen LogP contribution in [-0.4, -0.2) is 90.4 Å². The Morgan fingerprint density at radius 3 is 2.11 bits per heavy atom. The lowest BCUT2D eigenvalue weighted by Crippen LogP contribution is -2.54. The fourth-order valence-electron chi connectivity index (χ4n) is 7.78. The van der Waals surface area contributed by atoms with Crippen LogP contribution in [0.4, 0.5) is 17.6 Å². The molecule has 0 aliphatic carbocycles. The molecule has 10 heteroatoms. The maximum absolute atomic E-state index is 11.2. The quantitative estimate of drug-likeness (QED) is 0.427. The molecular formula is C34H51N7O3. The molecule has 3 N–H and O–H groups in total. The van der Waals surface area contributed by atoms with E-state index in [1.54, 1.807) is 0 Å². The number of fused-ring (bicyclic) bond motifs is 1. The normalized spacial score (nSPS) is 23.2. The third kappa shape index (κ3) is 6.33. The second kappa shape index (κ2) is 12.7. The number of rotatable bonds is 9. The summed E-state index contributed by atoms with van der Waals surface area (Å²) in [5.41, 5.74) is 12.0. The minimum absolute atomic E-state index is 0.0778. The summed E-state index contributed by atoms with van der Waals surface area (Å²) in [4.78, 5) is 31.1. The van der Waals surface area contributed by atoms with Crippen LogP contribution in [0.3, 0.4) is 0 Å². The molecule has 0 radical (unpaired) electrons. The molecule has 2 unspecified atom stereocenters. The van der Waals surface area contributed by atoms with E-state index in [4.69, 9.17) is 20.4 Å². The van der Waals surface area contributed by atoms with Gasteiger partial charge in [0.05, 0.1) is 0 Å². The summed E-state index contributed by atoms with van der Waals surface area (Å²) in [5, 5.41) is 9.17. The molecule has 10 nitrogen and oxygen atoms in total. The van der Waals surface area contributed by atoms with Crippen LogP contribution in [0.2, 0.25) is 0 Å². The molecule has 4 aliphatic rings. The van der Waals surface area contributed by atoms with E-state index in [1.807, 2.05) is 0 Å². The van der Waals surface area contributed by atoms with E-state index in [1.165, 1.54) is 36.8 Å². The molecule has 44 heavy (non-hydrogen) atoms. The minimum Gasteiger partial charge on any atom is -0.486 e. The number of carboxylic acids is 1. The van der Waals surface area contributed by atoms with E-state index in [0.717, 1.165) is 112 Å². The SMILES string of the molecule is Cc1c(C)c(C(N)CCC(=O)O)c(C)c2c1OC(C)(CN1CCN(c3cc(N4CCCC4)nc(N4CCCC4)n3)CC1)CC2. The van der Waals surface area contributed by atoms with Gasteiger partial charge in [0.15, 0.2) is 0 Å². The molecule has 4 aliphatic heterocycles. The molecule has 3 saturated heterocycles. The number of carboxylic acid groups (broad SMARTS) is 1. The molecule has 0 spiro atoms. The summed E-state index contributed by atoms with van der Waals surface area (Å²) in [5.74, 6) is 3.26. The van der Waals surface area contributed by atoms with Crippen LogP contribution in [-0.2, 0) is 11.2 Å². The molecule has 2 atom stereocenters. The van der Waals surface area contributed by atoms with Gasteiger partial charge in [-0.25, -0.2) is 0 Å². The molecule has 6 rings (SSSR count). The Balaban J connectivity index is 1.13. The van der Waals surface area contributed by atoms with Gasteiger partial charge in [-0.1, -0.05) is 0 Å². The number of aromatic nitrogens is 2. The van der Waals surface area contributed by atoms with Gasteiger partial charge < -0.3 is 30.3 Å². The van der Waals surface area contributed by atoms with Crippen molar-refractivity contribution in [1.29, 1.82) is 0 Å². The Morgan fingerprint density at radius 2 is 1.50 bits per heavy atom. The number of nitrogens with zero attached hydrogens (tertiary/aromatic N) is 6. The number of nitrogens with two attached hydrogens (primary N) is 1. The summed E-state index contributed by atoms with van der Waals surface area (Å²) < 4.78 is 6.88. The Hall–Kier alpha value is -3.11. The van der Waals surface area contributed by atoms with Gasteiger partial charge >= 0.3 is 5.97 Å². The number of hydrogen-bond donors (Lipinski definition) is 2. The molecule has 0 bridgehead atoms. The van der Waals surface area contributed by atoms with Crippen LogP contribution < -0.4 is 25.2 Å². The van der Waals surface area contributed by atoms with Crippen molar-refractivity contribution in [1.82, 2.24) is 14.9 Å². The number of aliphatic carboxylic acids is 1. The Bertz CT molecular complexity index is 1330. The molecule has 1 aromatic carbocycles. The third-order valence-corrected chi connectivity index (χ3v) is 10.5. The van der Waals surface area contributed by atoms with Crippen LogP contribution in [0, 0.1) is 20.8 Å². The van der Waals surface area contributed by atoms with Crippen molar-refractivity contribution >= 4 is 23.6 Å². The number of hydrogen-bond acceptors (Lipinski definition) is 9. The lowest BCUT2D eigenvalue weighted by Gasteiger charge is -2.43. The average Bonchev–Trinajstić information content (AvgIpc) is 3.75. The minimum atomic E-state index is -0.805. The first-order valence-electron chi connectivity index (χ1n) is 16.8. The highest BCUT2D eigenvalue weighted by Crippen LogP contribution is 2.43. The predicted octanol–water partition coefficient (Wildman–Crippen LogP) is 4.37. The van der Waals surface area contributed by atoms with Gasteiger partial charge in [-0.05, 0) is 100 Å². The van der Waals surface area contributed by atoms with Crippen molar-refractivity contribution in [3.8, 4) is 5.75 Å². The zero-order valence-electron chi connectivity index (χ0n) is 27.2. The molecule has 240 valence electrons. The summed E-state index contributed by atoms with van der Waals surface area (Å²) in [7, 11) is 0. The fraction of sp³-hybridized carbons (Fsp3) is 0.676. The van der Waals surface area contributed by atoms with Crippen molar-refractivity contribution in [3.05, 3.63) is 33.9 Å². The van der Waals surface area contributed by atoms with Crippen molar-refractivity contribution < 1.29 is 14.6 Å². The van der Waals surface area contributed by atoms with Gasteiger partial charge in [0.25, 0.3) is 0 Å². The molecule has 0 saturated carbocycles. The van der Waals surface area contributed by atoms with Gasteiger partial charge in [0.1, 0.15) is 23.0 Å². The van der Waals surface area contributed by atoms with Gasteiger partial charge in [-0.15, -0.1) is 0 Å². The Kier molecular flexibility index (Phi) is 8.93. The van der Waals surface area contributed by atoms with Gasteiger partial charge in [-0.2, -0.15) is 9.97 Å². The average molecular weight is 606 g/mol. The van der Waals surface area contributed by atoms with E-state index in [9.17, 15) is 9.90 Å². The second-order valence-corrected chi connectivity index (χ2v) is 13.7. The van der Waals surface area contributed by atoms with Crippen LogP contribution in [0.25, 0.3) is 0 Å². The largest absolute Gasteiger partial charge is 0.486 e. The monoisotopic (exact) mass is 605 g/mol. The molecule has 5 heterocycles. The molecule has 3 fully saturated rings. The smallest absolute Gasteiger partial charge is 0.303 e. The second-order valence-electron chi connectivity index (χ2n) is 13.7. The van der Waals surface area contributed by atoms with E-state index < -0.39 is 5.97 Å². The maximum atomic E-state index is 11.2. The summed E-state index contributed by atoms with van der Waals surface area (Å²) in [6.07, 6.45) is 7.32. The highest BCUT2D eigenvalue weighted by atomic mass is 16.5. The zero-order valence-corrected chi connectivity index (χ0v) is 27.2. The van der Waals surface area contributed by atoms with E-state index in [2.05, 4.69) is 53.4 Å². The van der Waals surface area contributed by atoms with Gasteiger partial charge in [0.2, 0.25) is 5.95 Å². The predicted molar refractivity (Wildman–Crippen MR) is 175 cm³/mol. The number of anilines is 3. The summed E-state index contributed by atoms with van der Waals surface area (Å²) in [6.45, 7) is 17.6. The standard InChI is InChI=1S/C34H51N7O3/c1-23-24(2)32-26(25(3)31(23)27(35)9-10-30(42)43)11-12-34(4,44-32)22-38-17-19-40(20-18-38)29-21-28(39-13-5-6-14-39)36-33(37-29)41-15-7-8-16-41/h21,27H,5-20,22,35H2,1-4H3,(H,42,43). The zero-order chi connectivity index (χ0) is 31.0. The first-order valence-corrected chi connectivity index (χ1v) is 16.8. The summed E-state index contributed by atoms with van der Waals surface area (Å²) in [6, 6.07) is 1.94. The van der Waals surface area contributed by atoms with Gasteiger partial charge in [0, 0.05) is 77.4 Å². The van der Waals surface area contributed by atoms with Crippen LogP contribution in [0.1, 0.15) is 85.7 Å². The van der Waals surface area contributed by atoms with Crippen molar-refractivity contribution in [3.63, 3.8) is 0 Å². The lowest BCUT2D eigenvalue weighted by molar-refractivity contribution is -0.137. The van der Waals surface area contributed by atoms with Crippen LogP contribution in [0.15, 0.2) is 6.07 Å². The van der Waals surface area contributed by atoms with Crippen molar-refractivity contribution in [2.75, 3.05) is 73.6 Å². The van der Waals surface area contributed by atoms with E-state index >= 15 is 0 Å². The van der Waals surface area contributed by atoms with Crippen LogP contribution >= 0.6 is 0 Å². The first kappa shape index (κ1) is 30.9. The van der Waals surface area contributed by atoms with Crippen molar-refractivity contribution in [2.24, 2.45) is 5.73 Å². The Labute approximate surface area is 262 Å². The molecule has 1 aromatic heterocycles. The third-order valence-electron chi connectivity index (χ3n) is 10.5. The van der Waals surface area contributed by atoms with E-state index in [-0.39, 0.29) is 18.1 Å². The van der Waals surface area contributed by atoms with Crippen molar-refractivity contribution in [2.45, 2.75) is 90.7 Å². The lowest BCUT2D eigenvalue weighted by atomic mass is 9.82. The topological polar surface area (TPSA) is 111 Å². The number of carbonyl (C=O) groups is 1.